The molecule has 0 atom stereocenters. The predicted octanol–water partition coefficient (Wildman–Crippen LogP) is -2.03. The molecular formula is HBaMgO7Si2Zn. The van der Waals surface area contributed by atoms with E-state index in [1.165, 1.54) is 0 Å². The predicted molar refractivity (Wildman–Crippen MR) is 31.4 cm³/mol. The van der Waals surface area contributed by atoms with E-state index >= 15 is 0 Å². The van der Waals surface area contributed by atoms with Gasteiger partial charge in [0.2, 0.25) is 0 Å². The fraction of sp³-hybridized carbons (Fsp3) is 0. The van der Waals surface area contributed by atoms with Crippen LogP contribution in [0.2, 0.25) is 0 Å². The van der Waals surface area contributed by atoms with Crippen molar-refractivity contribution in [2.45, 2.75) is 0 Å². The second-order valence-corrected chi connectivity index (χ2v) is 3.47. The van der Waals surface area contributed by atoms with Gasteiger partial charge in [0.15, 0.2) is 0 Å². The molecule has 1 radical (unpaired) electrons. The molecule has 0 spiro atoms. The zero-order valence-corrected chi connectivity index (χ0v) is 16.8. The zero-order valence-electron chi connectivity index (χ0n) is 6.02. The average Bonchev–Trinajstić information content (AvgIpc) is 2.08. The SMILES string of the molecule is O=[Si-][Si](=O)OOOOO.[Mg+][Ba].[Zn]. The summed E-state index contributed by atoms with van der Waals surface area (Å²) in [6, 6.07) is 0. The van der Waals surface area contributed by atoms with E-state index in [4.69, 9.17) is 5.26 Å². The Morgan fingerprint density at radius 3 is 2.25 bits per heavy atom. The minimum atomic E-state index is -2.72. The zero-order chi connectivity index (χ0) is 9.11. The molecule has 57 valence electrons. The van der Waals surface area contributed by atoms with Gasteiger partial charge in [-0.2, -0.15) is 0 Å². The van der Waals surface area contributed by atoms with Crippen LogP contribution in [0, 0.1) is 0 Å². The fourth-order valence-electron chi connectivity index (χ4n) is 0.0742. The van der Waals surface area contributed by atoms with Crippen LogP contribution in [0.5, 0.6) is 0 Å². The minimum Gasteiger partial charge on any atom is 0 e. The van der Waals surface area contributed by atoms with E-state index in [0.717, 1.165) is 40.8 Å². The minimum absolute atomic E-state index is 0. The van der Waals surface area contributed by atoms with E-state index in [0.29, 0.717) is 0 Å². The van der Waals surface area contributed by atoms with Gasteiger partial charge in [0.1, 0.15) is 0 Å². The van der Waals surface area contributed by atoms with Crippen molar-refractivity contribution >= 4 is 69.5 Å². The molecule has 0 aromatic heterocycles. The van der Waals surface area contributed by atoms with Crippen LogP contribution in [0.15, 0.2) is 0 Å². The Kier molecular flexibility index (Phi) is 32.2. The van der Waals surface area contributed by atoms with Crippen LogP contribution in [0.25, 0.3) is 0 Å². The molecule has 0 unspecified atom stereocenters. The van der Waals surface area contributed by atoms with Crippen LogP contribution in [-0.4, -0.2) is 74.8 Å². The van der Waals surface area contributed by atoms with Gasteiger partial charge in [0.05, 0.1) is 0 Å². The largest absolute Gasteiger partial charge is 0 e. The van der Waals surface area contributed by atoms with Crippen LogP contribution in [0.3, 0.4) is 0 Å². The van der Waals surface area contributed by atoms with Gasteiger partial charge in [0, 0.05) is 29.6 Å². The summed E-state index contributed by atoms with van der Waals surface area (Å²) in [4.78, 5) is 0. The molecule has 0 aliphatic heterocycles. The Morgan fingerprint density at radius 1 is 1.42 bits per heavy atom. The van der Waals surface area contributed by atoms with Crippen LogP contribution in [-0.2, 0) is 48.1 Å². The normalized spacial score (nSPS) is 6.83. The molecule has 0 rings (SSSR count). The third-order valence-corrected chi connectivity index (χ3v) is 1.39. The molecule has 12 heavy (non-hydrogen) atoms. The van der Waals surface area contributed by atoms with E-state index in [1.807, 2.05) is 0 Å². The maximum atomic E-state index is 10.0. The first-order valence-corrected chi connectivity index (χ1v) is 15.7. The molecule has 0 aromatic carbocycles. The second kappa shape index (κ2) is 19.2. The van der Waals surface area contributed by atoms with Gasteiger partial charge in [-0.1, -0.05) is 0 Å². The van der Waals surface area contributed by atoms with E-state index in [9.17, 15) is 8.92 Å². The third kappa shape index (κ3) is 18.4. The average molecular weight is 396 g/mol. The van der Waals surface area contributed by atoms with Gasteiger partial charge < -0.3 is 13.5 Å². The monoisotopic (exact) mass is 395 g/mol. The maximum Gasteiger partial charge on any atom is 0 e. The van der Waals surface area contributed by atoms with E-state index < -0.39 is 17.4 Å². The van der Waals surface area contributed by atoms with E-state index in [2.05, 4.69) is 31.0 Å². The Labute approximate surface area is 120 Å². The third-order valence-electron chi connectivity index (χ3n) is 0.251. The molecule has 0 saturated heterocycles. The first kappa shape index (κ1) is 20.1. The van der Waals surface area contributed by atoms with Crippen molar-refractivity contribution in [1.82, 2.24) is 0 Å². The Hall–Kier alpha value is 2.63. The smallest absolute Gasteiger partial charge is 0 e. The van der Waals surface area contributed by atoms with Crippen molar-refractivity contribution in [1.29, 1.82) is 0 Å². The topological polar surface area (TPSA) is 91.3 Å². The molecule has 0 aliphatic rings. The molecule has 0 amide bonds. The summed E-state index contributed by atoms with van der Waals surface area (Å²) in [5.74, 6) is 0. The van der Waals surface area contributed by atoms with Crippen LogP contribution >= 0.6 is 0 Å². The van der Waals surface area contributed by atoms with Gasteiger partial charge in [-0.15, -0.1) is 0 Å². The number of hydrogen-bond acceptors (Lipinski definition) is 7. The molecule has 7 nitrogen and oxygen atoms in total. The summed E-state index contributed by atoms with van der Waals surface area (Å²) in [7, 11) is -3.84. The molecule has 0 heterocycles. The van der Waals surface area contributed by atoms with Gasteiger partial charge in [-0.3, -0.25) is 0 Å². The molecule has 12 heteroatoms. The molecule has 0 aromatic rings. The molecule has 0 saturated carbocycles. The quantitative estimate of drug-likeness (QED) is 0.248. The molecule has 0 fully saturated rings. The Balaban J connectivity index is -0.000000249. The fourth-order valence-corrected chi connectivity index (χ4v) is 0.402. The first-order valence-electron chi connectivity index (χ1n) is 2.04. The van der Waals surface area contributed by atoms with Crippen LogP contribution in [0.4, 0.5) is 0 Å². The van der Waals surface area contributed by atoms with Crippen LogP contribution < -0.4 is 0 Å². The summed E-state index contributed by atoms with van der Waals surface area (Å²) >= 11 is 3.11. The molecular weight excluding hydrogens is 395 g/mol. The van der Waals surface area contributed by atoms with Crippen molar-refractivity contribution in [3.8, 4) is 0 Å². The molecule has 0 bridgehead atoms. The summed E-state index contributed by atoms with van der Waals surface area (Å²) in [6.07, 6.45) is 0. The van der Waals surface area contributed by atoms with Gasteiger partial charge in [-0.25, -0.2) is 5.26 Å². The number of rotatable bonds is 5. The summed E-state index contributed by atoms with van der Waals surface area (Å²) in [6.45, 7) is 0. The van der Waals surface area contributed by atoms with Crippen molar-refractivity contribution in [2.75, 3.05) is 0 Å². The van der Waals surface area contributed by atoms with Crippen molar-refractivity contribution in [2.24, 2.45) is 0 Å². The maximum absolute atomic E-state index is 10.0. The number of hydrogen-bond donors (Lipinski definition) is 1. The van der Waals surface area contributed by atoms with Crippen molar-refractivity contribution in [3.05, 3.63) is 0 Å². The Morgan fingerprint density at radius 2 is 1.92 bits per heavy atom. The Bertz CT molecular complexity index is 112. The van der Waals surface area contributed by atoms with Crippen LogP contribution in [0.1, 0.15) is 0 Å². The first-order chi connectivity index (χ1) is 5.31. The second-order valence-electron chi connectivity index (χ2n) is 0.683. The summed E-state index contributed by atoms with van der Waals surface area (Å²) in [5, 5.41) is 16.9. The van der Waals surface area contributed by atoms with Gasteiger partial charge in [0.25, 0.3) is 0 Å². The van der Waals surface area contributed by atoms with Crippen molar-refractivity contribution in [3.63, 3.8) is 0 Å². The molecule has 1 N–H and O–H groups in total. The van der Waals surface area contributed by atoms with Gasteiger partial charge >= 0.3 is 60.6 Å². The molecule has 0 aliphatic carbocycles. The van der Waals surface area contributed by atoms with Gasteiger partial charge in [-0.05, 0) is 14.0 Å². The standard InChI is InChI=1S/Ba.Mg.HO7Si2.Zn/c;;1-4-5-6-7-9(3)8-2;/h;;1H;/q;+1;-1;. The van der Waals surface area contributed by atoms with E-state index in [1.54, 1.807) is 0 Å². The van der Waals surface area contributed by atoms with Crippen molar-refractivity contribution < 1.29 is 53.4 Å². The summed E-state index contributed by atoms with van der Waals surface area (Å²) in [5.41, 5.74) is 0. The van der Waals surface area contributed by atoms with E-state index in [-0.39, 0.29) is 19.5 Å². The summed E-state index contributed by atoms with van der Waals surface area (Å²) < 4.78 is 23.3.